The van der Waals surface area contributed by atoms with Crippen LogP contribution < -0.4 is 4.74 Å². The van der Waals surface area contributed by atoms with Crippen molar-refractivity contribution in [2.45, 2.75) is 22.7 Å². The smallest absolute Gasteiger partial charge is 0.289 e. The lowest BCUT2D eigenvalue weighted by molar-refractivity contribution is 0.0664. The second-order valence-electron chi connectivity index (χ2n) is 7.48. The lowest BCUT2D eigenvalue weighted by Gasteiger charge is -2.33. The predicted molar refractivity (Wildman–Crippen MR) is 124 cm³/mol. The van der Waals surface area contributed by atoms with Crippen LogP contribution in [0.15, 0.2) is 63.3 Å². The molecule has 1 amide bonds. The summed E-state index contributed by atoms with van der Waals surface area (Å²) in [4.78, 5) is 18.9. The van der Waals surface area contributed by atoms with Crippen LogP contribution in [-0.4, -0.2) is 65.9 Å². The van der Waals surface area contributed by atoms with E-state index in [9.17, 15) is 13.2 Å². The molecule has 2 aromatic heterocycles. The van der Waals surface area contributed by atoms with Crippen molar-refractivity contribution in [3.05, 3.63) is 60.3 Å². The molecule has 3 heterocycles. The van der Waals surface area contributed by atoms with Gasteiger partial charge in [0.15, 0.2) is 10.9 Å². The van der Waals surface area contributed by atoms with Gasteiger partial charge in [-0.05, 0) is 43.3 Å². The SMILES string of the molecule is CCOc1ccc(S(=O)(=O)N2CCN(C(=O)c3ccc(CSc4nccn4C)o3)CC2)cc1. The van der Waals surface area contributed by atoms with Crippen molar-refractivity contribution in [2.24, 2.45) is 7.05 Å². The highest BCUT2D eigenvalue weighted by Gasteiger charge is 2.31. The van der Waals surface area contributed by atoms with Gasteiger partial charge in [-0.1, -0.05) is 11.8 Å². The average molecular weight is 491 g/mol. The first-order chi connectivity index (χ1) is 15.9. The fourth-order valence-corrected chi connectivity index (χ4v) is 5.76. The topological polar surface area (TPSA) is 97.9 Å². The lowest BCUT2D eigenvalue weighted by Crippen LogP contribution is -2.50. The largest absolute Gasteiger partial charge is 0.494 e. The molecular weight excluding hydrogens is 464 g/mol. The first-order valence-electron chi connectivity index (χ1n) is 10.6. The van der Waals surface area contributed by atoms with Crippen LogP contribution in [0.2, 0.25) is 0 Å². The number of sulfonamides is 1. The molecule has 11 heteroatoms. The number of amides is 1. The van der Waals surface area contributed by atoms with E-state index in [1.807, 2.05) is 24.7 Å². The molecule has 0 bridgehead atoms. The average Bonchev–Trinajstić information content (AvgIpc) is 3.47. The van der Waals surface area contributed by atoms with Crippen LogP contribution in [0.5, 0.6) is 5.75 Å². The van der Waals surface area contributed by atoms with E-state index in [1.165, 1.54) is 16.1 Å². The Bertz CT molecular complexity index is 1200. The molecule has 0 unspecified atom stereocenters. The van der Waals surface area contributed by atoms with E-state index in [-0.39, 0.29) is 29.7 Å². The molecule has 3 aromatic rings. The van der Waals surface area contributed by atoms with Crippen molar-refractivity contribution in [1.29, 1.82) is 0 Å². The number of imidazole rings is 1. The van der Waals surface area contributed by atoms with Gasteiger partial charge in [0.05, 0.1) is 17.3 Å². The van der Waals surface area contributed by atoms with Gasteiger partial charge >= 0.3 is 0 Å². The van der Waals surface area contributed by atoms with Crippen LogP contribution in [0.25, 0.3) is 0 Å². The highest BCUT2D eigenvalue weighted by atomic mass is 32.2. The fraction of sp³-hybridized carbons (Fsp3) is 0.364. The zero-order chi connectivity index (χ0) is 23.4. The summed E-state index contributed by atoms with van der Waals surface area (Å²) in [6.07, 6.45) is 3.60. The van der Waals surface area contributed by atoms with E-state index in [1.54, 1.807) is 47.5 Å². The zero-order valence-corrected chi connectivity index (χ0v) is 20.1. The fourth-order valence-electron chi connectivity index (χ4n) is 3.51. The highest BCUT2D eigenvalue weighted by Crippen LogP contribution is 2.24. The molecule has 1 saturated heterocycles. The normalized spacial score (nSPS) is 15.0. The molecule has 4 rings (SSSR count). The first-order valence-corrected chi connectivity index (χ1v) is 13.0. The van der Waals surface area contributed by atoms with Crippen LogP contribution in [0.1, 0.15) is 23.2 Å². The summed E-state index contributed by atoms with van der Waals surface area (Å²) in [6.45, 7) is 3.44. The summed E-state index contributed by atoms with van der Waals surface area (Å²) in [5, 5.41) is 0.865. The monoisotopic (exact) mass is 490 g/mol. The Balaban J connectivity index is 1.33. The number of hydrogen-bond acceptors (Lipinski definition) is 7. The number of hydrogen-bond donors (Lipinski definition) is 0. The van der Waals surface area contributed by atoms with Crippen molar-refractivity contribution < 1.29 is 22.4 Å². The van der Waals surface area contributed by atoms with E-state index in [4.69, 9.17) is 9.15 Å². The summed E-state index contributed by atoms with van der Waals surface area (Å²) in [5.74, 6) is 1.90. The number of rotatable bonds is 8. The van der Waals surface area contributed by atoms with Crippen molar-refractivity contribution >= 4 is 27.7 Å². The first kappa shape index (κ1) is 23.4. The Morgan fingerprint density at radius 3 is 2.48 bits per heavy atom. The van der Waals surface area contributed by atoms with E-state index in [0.29, 0.717) is 37.0 Å². The van der Waals surface area contributed by atoms with Gasteiger partial charge in [0, 0.05) is 45.6 Å². The Labute approximate surface area is 197 Å². The van der Waals surface area contributed by atoms with Crippen LogP contribution in [0.3, 0.4) is 0 Å². The van der Waals surface area contributed by atoms with Crippen LogP contribution in [0.4, 0.5) is 0 Å². The maximum Gasteiger partial charge on any atom is 0.289 e. The molecule has 1 aliphatic rings. The van der Waals surface area contributed by atoms with Gasteiger partial charge in [-0.3, -0.25) is 4.79 Å². The molecule has 0 saturated carbocycles. The van der Waals surface area contributed by atoms with E-state index in [0.717, 1.165) is 5.16 Å². The van der Waals surface area contributed by atoms with Crippen LogP contribution in [0, 0.1) is 0 Å². The summed E-state index contributed by atoms with van der Waals surface area (Å²) in [6, 6.07) is 9.85. The number of ether oxygens (including phenoxy) is 1. The molecular formula is C22H26N4O5S2. The molecule has 0 radical (unpaired) electrons. The lowest BCUT2D eigenvalue weighted by atomic mass is 10.3. The summed E-state index contributed by atoms with van der Waals surface area (Å²) in [5.41, 5.74) is 0. The third-order valence-electron chi connectivity index (χ3n) is 5.29. The van der Waals surface area contributed by atoms with Crippen molar-refractivity contribution in [2.75, 3.05) is 32.8 Å². The summed E-state index contributed by atoms with van der Waals surface area (Å²) >= 11 is 1.52. The number of piperazine rings is 1. The quantitative estimate of drug-likeness (QED) is 0.448. The number of aryl methyl sites for hydroxylation is 1. The molecule has 0 aliphatic carbocycles. The van der Waals surface area contributed by atoms with E-state index >= 15 is 0 Å². The molecule has 1 aromatic carbocycles. The molecule has 0 atom stereocenters. The van der Waals surface area contributed by atoms with E-state index in [2.05, 4.69) is 4.98 Å². The summed E-state index contributed by atoms with van der Waals surface area (Å²) in [7, 11) is -1.71. The molecule has 9 nitrogen and oxygen atoms in total. The molecule has 1 aliphatic heterocycles. The zero-order valence-electron chi connectivity index (χ0n) is 18.5. The van der Waals surface area contributed by atoms with Gasteiger partial charge in [-0.2, -0.15) is 4.31 Å². The number of carbonyl (C=O) groups is 1. The number of furan rings is 1. The molecule has 1 fully saturated rings. The maximum atomic E-state index is 13.0. The number of aromatic nitrogens is 2. The van der Waals surface area contributed by atoms with E-state index < -0.39 is 10.0 Å². The van der Waals surface area contributed by atoms with Crippen molar-refractivity contribution in [3.63, 3.8) is 0 Å². The number of benzene rings is 1. The molecule has 0 N–H and O–H groups in total. The van der Waals surface area contributed by atoms with Gasteiger partial charge in [0.25, 0.3) is 5.91 Å². The van der Waals surface area contributed by atoms with Crippen molar-refractivity contribution in [3.8, 4) is 5.75 Å². The van der Waals surface area contributed by atoms with Gasteiger partial charge in [-0.15, -0.1) is 0 Å². The molecule has 176 valence electrons. The second kappa shape index (κ2) is 10.0. The Kier molecular flexibility index (Phi) is 7.11. The predicted octanol–water partition coefficient (Wildman–Crippen LogP) is 2.85. The second-order valence-corrected chi connectivity index (χ2v) is 10.4. The van der Waals surface area contributed by atoms with Gasteiger partial charge in [0.1, 0.15) is 11.5 Å². The number of carbonyl (C=O) groups excluding carboxylic acids is 1. The summed E-state index contributed by atoms with van der Waals surface area (Å²) < 4.78 is 40.3. The number of thioether (sulfide) groups is 1. The Morgan fingerprint density at radius 1 is 1.12 bits per heavy atom. The van der Waals surface area contributed by atoms with Gasteiger partial charge < -0.3 is 18.6 Å². The van der Waals surface area contributed by atoms with Crippen LogP contribution in [-0.2, 0) is 22.8 Å². The third kappa shape index (κ3) is 5.26. The van der Waals surface area contributed by atoms with Crippen molar-refractivity contribution in [1.82, 2.24) is 18.8 Å². The van der Waals surface area contributed by atoms with Crippen LogP contribution >= 0.6 is 11.8 Å². The van der Waals surface area contributed by atoms with Gasteiger partial charge in [0.2, 0.25) is 10.0 Å². The molecule has 0 spiro atoms. The highest BCUT2D eigenvalue weighted by molar-refractivity contribution is 7.98. The minimum atomic E-state index is -3.63. The number of nitrogens with zero attached hydrogens (tertiary/aromatic N) is 4. The maximum absolute atomic E-state index is 13.0. The minimum Gasteiger partial charge on any atom is -0.494 e. The van der Waals surface area contributed by atoms with Gasteiger partial charge in [-0.25, -0.2) is 13.4 Å². The minimum absolute atomic E-state index is 0.214. The standard InChI is InChI=1S/C22H26N4O5S2/c1-3-30-17-4-7-19(8-5-17)33(28,29)26-14-12-25(13-15-26)21(27)20-9-6-18(31-20)16-32-22-23-10-11-24(22)2/h4-11H,3,12-16H2,1-2H3. The Hall–Kier alpha value is -2.76. The Morgan fingerprint density at radius 2 is 1.85 bits per heavy atom. The molecule has 33 heavy (non-hydrogen) atoms. The third-order valence-corrected chi connectivity index (χ3v) is 8.28.